The minimum atomic E-state index is -0.348. The number of nitrogens with one attached hydrogen (secondary N) is 2. The van der Waals surface area contributed by atoms with E-state index in [2.05, 4.69) is 50.5 Å². The van der Waals surface area contributed by atoms with Crippen molar-refractivity contribution in [2.45, 2.75) is 25.4 Å². The Morgan fingerprint density at radius 2 is 1.87 bits per heavy atom. The highest BCUT2D eigenvalue weighted by molar-refractivity contribution is 6.03. The minimum Gasteiger partial charge on any atom is -0.366 e. The van der Waals surface area contributed by atoms with Gasteiger partial charge in [-0.15, -0.1) is 0 Å². The first-order valence-electron chi connectivity index (χ1n) is 13.2. The van der Waals surface area contributed by atoms with E-state index in [1.807, 2.05) is 28.9 Å². The first-order valence-corrected chi connectivity index (χ1v) is 13.2. The van der Waals surface area contributed by atoms with Crippen LogP contribution >= 0.6 is 0 Å². The Bertz CT molecular complexity index is 1880. The Morgan fingerprint density at radius 1 is 1.00 bits per heavy atom. The van der Waals surface area contributed by atoms with Gasteiger partial charge in [0.1, 0.15) is 17.0 Å². The minimum absolute atomic E-state index is 0.348. The van der Waals surface area contributed by atoms with Crippen molar-refractivity contribution in [1.29, 1.82) is 0 Å². The first kappa shape index (κ1) is 22.4. The Morgan fingerprint density at radius 3 is 2.67 bits per heavy atom. The maximum absolute atomic E-state index is 14.6. The third-order valence-corrected chi connectivity index (χ3v) is 8.18. The van der Waals surface area contributed by atoms with E-state index in [1.54, 1.807) is 24.7 Å². The van der Waals surface area contributed by atoms with Gasteiger partial charge in [0.25, 0.3) is 0 Å². The van der Waals surface area contributed by atoms with Gasteiger partial charge < -0.3 is 10.2 Å². The van der Waals surface area contributed by atoms with Crippen LogP contribution in [-0.4, -0.2) is 55.0 Å². The fraction of sp³-hybridized carbons (Fsp3) is 0.200. The molecule has 2 N–H and O–H groups in total. The van der Waals surface area contributed by atoms with Crippen molar-refractivity contribution in [3.05, 3.63) is 84.7 Å². The zero-order valence-corrected chi connectivity index (χ0v) is 21.3. The smallest absolute Gasteiger partial charge is 0.164 e. The highest BCUT2D eigenvalue weighted by Gasteiger charge is 2.37. The Balaban J connectivity index is 1.33. The van der Waals surface area contributed by atoms with Gasteiger partial charge in [0.15, 0.2) is 5.65 Å². The number of aromatic nitrogens is 6. The number of piperazine rings is 1. The number of nitrogens with zero attached hydrogens (tertiary/aromatic N) is 6. The molecule has 2 aliphatic rings. The lowest BCUT2D eigenvalue weighted by Gasteiger charge is -2.30. The molecule has 0 spiro atoms. The number of pyridine rings is 1. The number of halogens is 1. The zero-order chi connectivity index (χ0) is 26.1. The Kier molecular flexibility index (Phi) is 4.84. The van der Waals surface area contributed by atoms with Gasteiger partial charge in [-0.3, -0.25) is 10.1 Å². The second-order valence-corrected chi connectivity index (χ2v) is 10.4. The molecule has 2 bridgehead atoms. The Labute approximate surface area is 223 Å². The number of aryl methyl sites for hydroxylation is 1. The van der Waals surface area contributed by atoms with Crippen molar-refractivity contribution in [2.75, 3.05) is 18.0 Å². The second-order valence-electron chi connectivity index (χ2n) is 10.4. The highest BCUT2D eigenvalue weighted by atomic mass is 19.1. The molecule has 2 aromatic carbocycles. The molecule has 0 aliphatic carbocycles. The summed E-state index contributed by atoms with van der Waals surface area (Å²) in [6.07, 6.45) is 8.19. The van der Waals surface area contributed by atoms with Crippen molar-refractivity contribution < 1.29 is 4.39 Å². The van der Waals surface area contributed by atoms with Gasteiger partial charge in [0.05, 0.1) is 17.5 Å². The van der Waals surface area contributed by atoms with Crippen molar-refractivity contribution in [3.8, 4) is 33.6 Å². The fourth-order valence-electron chi connectivity index (χ4n) is 6.32. The molecule has 192 valence electrons. The fourth-order valence-corrected chi connectivity index (χ4v) is 6.32. The third-order valence-electron chi connectivity index (χ3n) is 8.18. The van der Waals surface area contributed by atoms with Crippen LogP contribution in [0.2, 0.25) is 0 Å². The summed E-state index contributed by atoms with van der Waals surface area (Å²) in [6.45, 7) is 4.26. The number of hydrogen-bond donors (Lipinski definition) is 2. The summed E-state index contributed by atoms with van der Waals surface area (Å²) < 4.78 is 16.5. The summed E-state index contributed by atoms with van der Waals surface area (Å²) >= 11 is 0. The van der Waals surface area contributed by atoms with Gasteiger partial charge >= 0.3 is 0 Å². The summed E-state index contributed by atoms with van der Waals surface area (Å²) in [5, 5.41) is 16.3. The number of rotatable bonds is 4. The molecular weight excluding hydrogens is 491 g/mol. The van der Waals surface area contributed by atoms with Gasteiger partial charge in [0.2, 0.25) is 0 Å². The van der Waals surface area contributed by atoms with Crippen LogP contribution in [0.5, 0.6) is 0 Å². The van der Waals surface area contributed by atoms with Crippen LogP contribution in [0, 0.1) is 12.7 Å². The highest BCUT2D eigenvalue weighted by Crippen LogP contribution is 2.40. The number of H-pyrrole nitrogens is 1. The van der Waals surface area contributed by atoms with Crippen molar-refractivity contribution in [2.24, 2.45) is 0 Å². The van der Waals surface area contributed by atoms with Crippen LogP contribution in [0.3, 0.4) is 0 Å². The van der Waals surface area contributed by atoms with Crippen LogP contribution < -0.4 is 10.2 Å². The molecule has 6 heterocycles. The lowest BCUT2D eigenvalue weighted by molar-refractivity contribution is 0.580. The number of hydrogen-bond acceptors (Lipinski definition) is 6. The largest absolute Gasteiger partial charge is 0.366 e. The lowest BCUT2D eigenvalue weighted by Crippen LogP contribution is -2.43. The molecule has 6 aromatic rings. The van der Waals surface area contributed by atoms with Crippen LogP contribution in [0.25, 0.3) is 50.2 Å². The SMILES string of the molecule is Cc1cc(N2C[C@@H]3C[C@H]2CN3)ccc1-c1ccnc2c(-c3ccc(F)c4[nH]ncc34)c(-c3ccncc3)nn12. The molecule has 9 heteroatoms. The van der Waals surface area contributed by atoms with E-state index in [1.165, 1.54) is 23.7 Å². The average molecular weight is 517 g/mol. The summed E-state index contributed by atoms with van der Waals surface area (Å²) in [4.78, 5) is 11.5. The molecule has 8 nitrogen and oxygen atoms in total. The molecule has 4 aromatic heterocycles. The standard InChI is InChI=1S/C30H25FN8/c1-17-12-20(38-16-19-13-21(38)14-34-19)2-3-22(17)26-8-11-33-30-27(23-4-5-25(31)29-24(23)15-35-36-29)28(37-39(26)30)18-6-9-32-10-7-18/h2-12,15,19,21,34H,13-14,16H2,1H3,(H,35,36)/t19-,21-/m0/s1. The topological polar surface area (TPSA) is 87.0 Å². The van der Waals surface area contributed by atoms with Gasteiger partial charge in [0, 0.05) is 66.0 Å². The molecule has 0 radical (unpaired) electrons. The van der Waals surface area contributed by atoms with Gasteiger partial charge in [-0.1, -0.05) is 12.1 Å². The normalized spacial score (nSPS) is 18.6. The van der Waals surface area contributed by atoms with E-state index in [0.717, 1.165) is 46.7 Å². The number of benzene rings is 2. The van der Waals surface area contributed by atoms with Crippen molar-refractivity contribution >= 4 is 22.2 Å². The monoisotopic (exact) mass is 516 g/mol. The summed E-state index contributed by atoms with van der Waals surface area (Å²) in [6, 6.07) is 17.0. The second kappa shape index (κ2) is 8.44. The van der Waals surface area contributed by atoms with E-state index in [0.29, 0.717) is 28.6 Å². The average Bonchev–Trinajstić information content (AvgIpc) is 3.77. The molecular formula is C30H25FN8. The molecule has 0 unspecified atom stereocenters. The molecule has 2 atom stereocenters. The maximum atomic E-state index is 14.6. The predicted molar refractivity (Wildman–Crippen MR) is 149 cm³/mol. The molecule has 8 rings (SSSR count). The molecule has 2 fully saturated rings. The van der Waals surface area contributed by atoms with Crippen LogP contribution in [-0.2, 0) is 0 Å². The van der Waals surface area contributed by atoms with Crippen LogP contribution in [0.4, 0.5) is 10.1 Å². The number of anilines is 1. The number of aromatic amines is 1. The molecule has 2 aliphatic heterocycles. The van der Waals surface area contributed by atoms with Crippen molar-refractivity contribution in [3.63, 3.8) is 0 Å². The van der Waals surface area contributed by atoms with E-state index < -0.39 is 0 Å². The van der Waals surface area contributed by atoms with Gasteiger partial charge in [-0.05, 0) is 60.9 Å². The molecule has 0 saturated carbocycles. The van der Waals surface area contributed by atoms with Crippen LogP contribution in [0.1, 0.15) is 12.0 Å². The summed E-state index contributed by atoms with van der Waals surface area (Å²) in [7, 11) is 0. The van der Waals surface area contributed by atoms with Crippen LogP contribution in [0.15, 0.2) is 73.3 Å². The summed E-state index contributed by atoms with van der Waals surface area (Å²) in [5.74, 6) is -0.348. The lowest BCUT2D eigenvalue weighted by atomic mass is 9.98. The maximum Gasteiger partial charge on any atom is 0.164 e. The van der Waals surface area contributed by atoms with Gasteiger partial charge in [-0.2, -0.15) is 10.2 Å². The molecule has 2 saturated heterocycles. The van der Waals surface area contributed by atoms with E-state index in [9.17, 15) is 4.39 Å². The molecule has 39 heavy (non-hydrogen) atoms. The van der Waals surface area contributed by atoms with E-state index in [4.69, 9.17) is 10.1 Å². The zero-order valence-electron chi connectivity index (χ0n) is 21.3. The van der Waals surface area contributed by atoms with Gasteiger partial charge in [-0.25, -0.2) is 13.9 Å². The van der Waals surface area contributed by atoms with E-state index in [-0.39, 0.29) is 5.82 Å². The first-order chi connectivity index (χ1) is 19.2. The van der Waals surface area contributed by atoms with E-state index >= 15 is 0 Å². The number of fused-ring (bicyclic) bond motifs is 4. The Hall–Kier alpha value is -4.63. The quantitative estimate of drug-likeness (QED) is 0.343. The predicted octanol–water partition coefficient (Wildman–Crippen LogP) is 5.00. The summed E-state index contributed by atoms with van der Waals surface area (Å²) in [5.41, 5.74) is 8.84. The van der Waals surface area contributed by atoms with Crippen molar-refractivity contribution in [1.82, 2.24) is 35.1 Å². The third kappa shape index (κ3) is 3.39. The molecule has 0 amide bonds.